The number of urea groups is 1. The highest BCUT2D eigenvalue weighted by molar-refractivity contribution is 6.30. The Morgan fingerprint density at radius 3 is 2.70 bits per heavy atom. The standard InChI is InChI=1S/C25H30ClN3O4/c26-20-10-8-18(9-11-20)14-27-25(31)28-21(15-29-12-4-5-13-29)24(30)23-17-32-16-22(33-23)19-6-2-1-3-7-19/h1-2,6,8-11,16-17,21,24,30H,3-5,7,12-15H2,(H2,27,28,31)/t21-,24-/m1/s1. The van der Waals surface area contributed by atoms with Crippen LogP contribution in [0, 0.1) is 0 Å². The lowest BCUT2D eigenvalue weighted by Crippen LogP contribution is -2.53. The summed E-state index contributed by atoms with van der Waals surface area (Å²) in [6, 6.07) is 6.36. The fourth-order valence-corrected chi connectivity index (χ4v) is 4.21. The molecule has 0 bridgehead atoms. The Balaban J connectivity index is 1.39. The first-order valence-corrected chi connectivity index (χ1v) is 11.7. The number of rotatable bonds is 8. The zero-order valence-corrected chi connectivity index (χ0v) is 19.3. The van der Waals surface area contributed by atoms with Gasteiger partial charge in [-0.25, -0.2) is 4.79 Å². The van der Waals surface area contributed by atoms with Crippen LogP contribution in [0.15, 0.2) is 72.1 Å². The summed E-state index contributed by atoms with van der Waals surface area (Å²) in [5, 5.41) is 17.6. The lowest BCUT2D eigenvalue weighted by Gasteiger charge is -2.30. The predicted octanol–water partition coefficient (Wildman–Crippen LogP) is 3.97. The van der Waals surface area contributed by atoms with Crippen LogP contribution < -0.4 is 10.6 Å². The molecule has 33 heavy (non-hydrogen) atoms. The highest BCUT2D eigenvalue weighted by Crippen LogP contribution is 2.28. The summed E-state index contributed by atoms with van der Waals surface area (Å²) in [5.41, 5.74) is 1.95. The molecule has 0 saturated carbocycles. The van der Waals surface area contributed by atoms with E-state index < -0.39 is 12.1 Å². The van der Waals surface area contributed by atoms with Crippen molar-refractivity contribution in [1.29, 1.82) is 0 Å². The number of hydrogen-bond acceptors (Lipinski definition) is 5. The summed E-state index contributed by atoms with van der Waals surface area (Å²) in [4.78, 5) is 14.9. The average Bonchev–Trinajstić information content (AvgIpc) is 3.37. The van der Waals surface area contributed by atoms with Crippen molar-refractivity contribution in [2.24, 2.45) is 0 Å². The maximum Gasteiger partial charge on any atom is 0.315 e. The zero-order chi connectivity index (χ0) is 23.0. The summed E-state index contributed by atoms with van der Waals surface area (Å²) in [5.74, 6) is 0.869. The van der Waals surface area contributed by atoms with E-state index in [0.717, 1.165) is 49.9 Å². The number of ether oxygens (including phenoxy) is 2. The third kappa shape index (κ3) is 6.63. The minimum atomic E-state index is -1.06. The largest absolute Gasteiger partial charge is 0.465 e. The van der Waals surface area contributed by atoms with Crippen molar-refractivity contribution >= 4 is 17.6 Å². The van der Waals surface area contributed by atoms with Gasteiger partial charge in [-0.3, -0.25) is 0 Å². The van der Waals surface area contributed by atoms with Crippen molar-refractivity contribution in [3.8, 4) is 0 Å². The molecule has 1 aromatic carbocycles. The second-order valence-corrected chi connectivity index (χ2v) is 8.85. The van der Waals surface area contributed by atoms with E-state index >= 15 is 0 Å². The molecule has 3 aliphatic rings. The van der Waals surface area contributed by atoms with E-state index in [1.165, 1.54) is 6.26 Å². The van der Waals surface area contributed by atoms with Crippen LogP contribution in [0.25, 0.3) is 0 Å². The van der Waals surface area contributed by atoms with Gasteiger partial charge in [-0.15, -0.1) is 0 Å². The molecule has 1 fully saturated rings. The Labute approximate surface area is 199 Å². The lowest BCUT2D eigenvalue weighted by molar-refractivity contribution is 0.0743. The number of aliphatic hydroxyl groups is 1. The molecule has 2 aliphatic heterocycles. The van der Waals surface area contributed by atoms with E-state index in [4.69, 9.17) is 21.1 Å². The molecule has 4 rings (SSSR count). The Morgan fingerprint density at radius 1 is 1.18 bits per heavy atom. The van der Waals surface area contributed by atoms with Gasteiger partial charge in [0.25, 0.3) is 0 Å². The van der Waals surface area contributed by atoms with Gasteiger partial charge >= 0.3 is 6.03 Å². The Bertz CT molecular complexity index is 949. The summed E-state index contributed by atoms with van der Waals surface area (Å²) in [6.45, 7) is 2.75. The van der Waals surface area contributed by atoms with E-state index in [0.29, 0.717) is 23.9 Å². The normalized spacial score (nSPS) is 20.0. The Hall–Kier alpha value is -2.74. The number of carbonyl (C=O) groups excluding carboxylic acids is 1. The first-order chi connectivity index (χ1) is 16.1. The van der Waals surface area contributed by atoms with E-state index in [2.05, 4.69) is 21.6 Å². The summed E-state index contributed by atoms with van der Waals surface area (Å²) in [6.07, 6.45) is 12.0. The zero-order valence-electron chi connectivity index (χ0n) is 18.5. The molecule has 1 saturated heterocycles. The highest BCUT2D eigenvalue weighted by atomic mass is 35.5. The van der Waals surface area contributed by atoms with E-state index in [1.54, 1.807) is 18.4 Å². The number of benzene rings is 1. The first-order valence-electron chi connectivity index (χ1n) is 11.4. The summed E-state index contributed by atoms with van der Waals surface area (Å²) >= 11 is 5.92. The van der Waals surface area contributed by atoms with Crippen LogP contribution in [-0.4, -0.2) is 47.8 Å². The summed E-state index contributed by atoms with van der Waals surface area (Å²) < 4.78 is 11.5. The van der Waals surface area contributed by atoms with E-state index in [-0.39, 0.29) is 11.8 Å². The lowest BCUT2D eigenvalue weighted by atomic mass is 10.0. The number of nitrogens with one attached hydrogen (secondary N) is 2. The first kappa shape index (κ1) is 23.4. The number of hydrogen-bond donors (Lipinski definition) is 3. The molecule has 1 aromatic rings. The van der Waals surface area contributed by atoms with Gasteiger partial charge in [-0.05, 0) is 62.0 Å². The van der Waals surface area contributed by atoms with Crippen LogP contribution in [0.3, 0.4) is 0 Å². The maximum absolute atomic E-state index is 12.7. The van der Waals surface area contributed by atoms with Crippen molar-refractivity contribution in [3.05, 3.63) is 82.7 Å². The molecule has 0 aromatic heterocycles. The number of amides is 2. The molecule has 0 radical (unpaired) electrons. The molecular weight excluding hydrogens is 442 g/mol. The fourth-order valence-electron chi connectivity index (χ4n) is 4.09. The highest BCUT2D eigenvalue weighted by Gasteiger charge is 2.31. The Morgan fingerprint density at radius 2 is 1.97 bits per heavy atom. The predicted molar refractivity (Wildman–Crippen MR) is 127 cm³/mol. The molecule has 0 spiro atoms. The monoisotopic (exact) mass is 471 g/mol. The maximum atomic E-state index is 12.7. The molecule has 0 unspecified atom stereocenters. The Kier molecular flexibility index (Phi) is 8.10. The number of likely N-dealkylation sites (tertiary alicyclic amines) is 1. The topological polar surface area (TPSA) is 83.1 Å². The van der Waals surface area contributed by atoms with Crippen LogP contribution in [0.4, 0.5) is 4.79 Å². The second kappa shape index (κ2) is 11.4. The molecule has 176 valence electrons. The number of halogens is 1. The molecule has 2 atom stereocenters. The van der Waals surface area contributed by atoms with Gasteiger partial charge in [-0.1, -0.05) is 42.0 Å². The van der Waals surface area contributed by atoms with Gasteiger partial charge in [0.2, 0.25) is 0 Å². The second-order valence-electron chi connectivity index (χ2n) is 8.41. The van der Waals surface area contributed by atoms with Gasteiger partial charge in [0.15, 0.2) is 11.5 Å². The van der Waals surface area contributed by atoms with Gasteiger partial charge in [0, 0.05) is 18.1 Å². The average molecular weight is 472 g/mol. The fraction of sp³-hybridized carbons (Fsp3) is 0.400. The van der Waals surface area contributed by atoms with Crippen LogP contribution in [0.5, 0.6) is 0 Å². The number of carbonyl (C=O) groups is 1. The molecule has 2 heterocycles. The molecule has 3 N–H and O–H groups in total. The van der Waals surface area contributed by atoms with Crippen molar-refractivity contribution in [3.63, 3.8) is 0 Å². The number of allylic oxidation sites excluding steroid dienone is 4. The van der Waals surface area contributed by atoms with Crippen LogP contribution in [0.2, 0.25) is 5.02 Å². The minimum Gasteiger partial charge on any atom is -0.465 e. The van der Waals surface area contributed by atoms with Crippen molar-refractivity contribution < 1.29 is 19.4 Å². The third-order valence-corrected chi connectivity index (χ3v) is 6.18. The van der Waals surface area contributed by atoms with Crippen molar-refractivity contribution in [2.45, 2.75) is 44.4 Å². The van der Waals surface area contributed by atoms with Gasteiger partial charge in [0.1, 0.15) is 18.6 Å². The molecule has 1 aliphatic carbocycles. The van der Waals surface area contributed by atoms with Gasteiger partial charge in [-0.2, -0.15) is 0 Å². The molecule has 2 amide bonds. The smallest absolute Gasteiger partial charge is 0.315 e. The number of aliphatic hydroxyl groups excluding tert-OH is 1. The molecular formula is C25H30ClN3O4. The quantitative estimate of drug-likeness (QED) is 0.534. The van der Waals surface area contributed by atoms with Crippen LogP contribution >= 0.6 is 11.6 Å². The summed E-state index contributed by atoms with van der Waals surface area (Å²) in [7, 11) is 0. The van der Waals surface area contributed by atoms with E-state index in [1.807, 2.05) is 24.3 Å². The van der Waals surface area contributed by atoms with Gasteiger partial charge in [0.05, 0.1) is 6.04 Å². The van der Waals surface area contributed by atoms with Gasteiger partial charge < -0.3 is 30.1 Å². The third-order valence-electron chi connectivity index (χ3n) is 5.93. The van der Waals surface area contributed by atoms with Crippen LogP contribution in [-0.2, 0) is 16.0 Å². The molecule has 7 nitrogen and oxygen atoms in total. The minimum absolute atomic E-state index is 0.283. The SMILES string of the molecule is O=C(NCc1ccc(Cl)cc1)N[C@H](CN1CCCC1)[C@@H](O)C1=COC=C(C2=CC=CCC2)O1. The molecule has 8 heteroatoms. The van der Waals surface area contributed by atoms with E-state index in [9.17, 15) is 9.90 Å². The van der Waals surface area contributed by atoms with Crippen LogP contribution in [0.1, 0.15) is 31.2 Å². The number of nitrogens with zero attached hydrogens (tertiary/aromatic N) is 1. The van der Waals surface area contributed by atoms with Crippen molar-refractivity contribution in [2.75, 3.05) is 19.6 Å². The van der Waals surface area contributed by atoms with Crippen molar-refractivity contribution in [1.82, 2.24) is 15.5 Å².